The second kappa shape index (κ2) is 5.81. The summed E-state index contributed by atoms with van der Waals surface area (Å²) in [6.45, 7) is 3.51. The zero-order chi connectivity index (χ0) is 15.5. The molecule has 0 aliphatic heterocycles. The minimum atomic E-state index is -0.0888. The zero-order valence-corrected chi connectivity index (χ0v) is 12.4. The van der Waals surface area contributed by atoms with Crippen molar-refractivity contribution in [1.29, 1.82) is 0 Å². The zero-order valence-electron chi connectivity index (χ0n) is 12.4. The van der Waals surface area contributed by atoms with Crippen molar-refractivity contribution in [2.75, 3.05) is 10.6 Å². The Labute approximate surface area is 128 Å². The summed E-state index contributed by atoms with van der Waals surface area (Å²) in [5.41, 5.74) is 3.68. The van der Waals surface area contributed by atoms with Gasteiger partial charge in [0.15, 0.2) is 0 Å². The van der Waals surface area contributed by atoms with E-state index in [4.69, 9.17) is 0 Å². The summed E-state index contributed by atoms with van der Waals surface area (Å²) in [5, 5.41) is 6.92. The molecule has 2 N–H and O–H groups in total. The third kappa shape index (κ3) is 3.03. The molecule has 0 fully saturated rings. The number of hydrogen-bond donors (Lipinski definition) is 2. The van der Waals surface area contributed by atoms with Gasteiger partial charge in [-0.3, -0.25) is 4.79 Å². The number of nitrogens with zero attached hydrogens (tertiary/aromatic N) is 2. The number of aryl methyl sites for hydroxylation is 1. The molecule has 1 amide bonds. The molecule has 5 nitrogen and oxygen atoms in total. The Morgan fingerprint density at radius 1 is 1.05 bits per heavy atom. The summed E-state index contributed by atoms with van der Waals surface area (Å²) in [7, 11) is 0. The van der Waals surface area contributed by atoms with Crippen LogP contribution in [-0.4, -0.2) is 15.9 Å². The van der Waals surface area contributed by atoms with Crippen LogP contribution in [0.5, 0.6) is 0 Å². The highest BCUT2D eigenvalue weighted by atomic mass is 16.1. The second-order valence-corrected chi connectivity index (χ2v) is 5.09. The van der Waals surface area contributed by atoms with E-state index in [1.54, 1.807) is 0 Å². The van der Waals surface area contributed by atoms with Gasteiger partial charge in [-0.2, -0.15) is 0 Å². The fourth-order valence-corrected chi connectivity index (χ4v) is 2.23. The van der Waals surface area contributed by atoms with Gasteiger partial charge in [-0.05, 0) is 36.8 Å². The van der Waals surface area contributed by atoms with Gasteiger partial charge in [-0.25, -0.2) is 9.97 Å². The summed E-state index contributed by atoms with van der Waals surface area (Å²) in [5.74, 6) is 0.461. The largest absolute Gasteiger partial charge is 0.326 e. The summed E-state index contributed by atoms with van der Waals surface area (Å²) < 4.78 is 0. The van der Waals surface area contributed by atoms with Gasteiger partial charge in [0.2, 0.25) is 11.9 Å². The maximum absolute atomic E-state index is 11.0. The molecule has 3 rings (SSSR count). The highest BCUT2D eigenvalue weighted by molar-refractivity contribution is 5.89. The number of carbonyl (C=O) groups is 1. The molecule has 5 heteroatoms. The van der Waals surface area contributed by atoms with Gasteiger partial charge in [0.25, 0.3) is 0 Å². The third-order valence-corrected chi connectivity index (χ3v) is 3.27. The Bertz CT molecular complexity index is 828. The number of rotatable bonds is 3. The minimum absolute atomic E-state index is 0.0888. The van der Waals surface area contributed by atoms with Gasteiger partial charge in [0.1, 0.15) is 0 Å². The summed E-state index contributed by atoms with van der Waals surface area (Å²) in [6.07, 6.45) is 1.81. The average Bonchev–Trinajstić information content (AvgIpc) is 2.50. The average molecular weight is 292 g/mol. The van der Waals surface area contributed by atoms with Crippen LogP contribution in [0.4, 0.5) is 17.3 Å². The molecule has 0 atom stereocenters. The number of amides is 1. The van der Waals surface area contributed by atoms with Crippen molar-refractivity contribution in [2.24, 2.45) is 0 Å². The Morgan fingerprint density at radius 3 is 2.50 bits per heavy atom. The number of hydrogen-bond acceptors (Lipinski definition) is 4. The number of nitrogens with one attached hydrogen (secondary N) is 2. The Morgan fingerprint density at radius 2 is 1.77 bits per heavy atom. The van der Waals surface area contributed by atoms with Crippen molar-refractivity contribution in [2.45, 2.75) is 13.8 Å². The van der Waals surface area contributed by atoms with Crippen LogP contribution in [-0.2, 0) is 4.79 Å². The predicted molar refractivity (Wildman–Crippen MR) is 88.3 cm³/mol. The first-order chi connectivity index (χ1) is 10.6. The lowest BCUT2D eigenvalue weighted by molar-refractivity contribution is -0.114. The number of para-hydroxylation sites is 1. The molecule has 2 aromatic carbocycles. The van der Waals surface area contributed by atoms with Crippen LogP contribution in [0.15, 0.2) is 48.7 Å². The molecule has 0 bridgehead atoms. The monoisotopic (exact) mass is 292 g/mol. The Hall–Kier alpha value is -2.95. The van der Waals surface area contributed by atoms with E-state index in [9.17, 15) is 4.79 Å². The van der Waals surface area contributed by atoms with Crippen molar-refractivity contribution in [3.05, 3.63) is 54.2 Å². The molecule has 22 heavy (non-hydrogen) atoms. The van der Waals surface area contributed by atoms with Gasteiger partial charge < -0.3 is 10.6 Å². The summed E-state index contributed by atoms with van der Waals surface area (Å²) >= 11 is 0. The first-order valence-electron chi connectivity index (χ1n) is 6.99. The van der Waals surface area contributed by atoms with Crippen molar-refractivity contribution < 1.29 is 4.79 Å². The number of benzene rings is 2. The lowest BCUT2D eigenvalue weighted by Crippen LogP contribution is -2.05. The number of anilines is 3. The maximum atomic E-state index is 11.0. The molecule has 110 valence electrons. The standard InChI is InChI=1S/C17H16N4O/c1-11-4-3-5-13-10-18-17(21-16(11)13)20-15-8-6-14(7-9-15)19-12(2)22/h3-10H,1-2H3,(H,19,22)(H,18,20,21). The third-order valence-electron chi connectivity index (χ3n) is 3.27. The molecule has 0 aliphatic carbocycles. The van der Waals surface area contributed by atoms with Gasteiger partial charge in [0.05, 0.1) is 5.52 Å². The van der Waals surface area contributed by atoms with E-state index in [1.165, 1.54) is 6.92 Å². The first-order valence-corrected chi connectivity index (χ1v) is 6.99. The van der Waals surface area contributed by atoms with Crippen LogP contribution < -0.4 is 10.6 Å². The fourth-order valence-electron chi connectivity index (χ4n) is 2.23. The molecular formula is C17H16N4O. The van der Waals surface area contributed by atoms with Crippen molar-refractivity contribution in [3.63, 3.8) is 0 Å². The van der Waals surface area contributed by atoms with Gasteiger partial charge in [-0.15, -0.1) is 0 Å². The molecule has 0 saturated carbocycles. The maximum Gasteiger partial charge on any atom is 0.227 e. The first kappa shape index (κ1) is 14.0. The van der Waals surface area contributed by atoms with E-state index in [-0.39, 0.29) is 5.91 Å². The van der Waals surface area contributed by atoms with Gasteiger partial charge >= 0.3 is 0 Å². The molecule has 0 spiro atoms. The van der Waals surface area contributed by atoms with Crippen molar-refractivity contribution in [1.82, 2.24) is 9.97 Å². The molecule has 3 aromatic rings. The number of fused-ring (bicyclic) bond motifs is 1. The quantitative estimate of drug-likeness (QED) is 0.773. The normalized spacial score (nSPS) is 10.5. The van der Waals surface area contributed by atoms with E-state index >= 15 is 0 Å². The molecule has 0 unspecified atom stereocenters. The molecular weight excluding hydrogens is 276 g/mol. The fraction of sp³-hybridized carbons (Fsp3) is 0.118. The highest BCUT2D eigenvalue weighted by Crippen LogP contribution is 2.20. The summed E-state index contributed by atoms with van der Waals surface area (Å²) in [6, 6.07) is 13.4. The lowest BCUT2D eigenvalue weighted by atomic mass is 10.1. The van der Waals surface area contributed by atoms with E-state index in [0.717, 1.165) is 27.8 Å². The lowest BCUT2D eigenvalue weighted by Gasteiger charge is -2.08. The molecule has 1 heterocycles. The predicted octanol–water partition coefficient (Wildman–Crippen LogP) is 3.64. The topological polar surface area (TPSA) is 66.9 Å². The Balaban J connectivity index is 1.83. The van der Waals surface area contributed by atoms with Crippen LogP contribution in [0, 0.1) is 6.92 Å². The van der Waals surface area contributed by atoms with Crippen molar-refractivity contribution in [3.8, 4) is 0 Å². The number of carbonyl (C=O) groups excluding carboxylic acids is 1. The van der Waals surface area contributed by atoms with Gasteiger partial charge in [0, 0.05) is 29.9 Å². The van der Waals surface area contributed by atoms with Crippen LogP contribution in [0.3, 0.4) is 0 Å². The van der Waals surface area contributed by atoms with Crippen LogP contribution in [0.1, 0.15) is 12.5 Å². The molecule has 1 aromatic heterocycles. The number of aromatic nitrogens is 2. The van der Waals surface area contributed by atoms with E-state index < -0.39 is 0 Å². The molecule has 0 saturated heterocycles. The summed E-state index contributed by atoms with van der Waals surface area (Å²) in [4.78, 5) is 19.9. The SMILES string of the molecule is CC(=O)Nc1ccc(Nc2ncc3cccc(C)c3n2)cc1. The molecule has 0 aliphatic rings. The van der Waals surface area contributed by atoms with E-state index in [1.807, 2.05) is 55.6 Å². The Kier molecular flexibility index (Phi) is 3.70. The van der Waals surface area contributed by atoms with Crippen molar-refractivity contribution >= 4 is 34.1 Å². The second-order valence-electron chi connectivity index (χ2n) is 5.09. The van der Waals surface area contributed by atoms with Crippen LogP contribution in [0.2, 0.25) is 0 Å². The smallest absolute Gasteiger partial charge is 0.227 e. The van der Waals surface area contributed by atoms with Crippen LogP contribution in [0.25, 0.3) is 10.9 Å². The molecule has 0 radical (unpaired) electrons. The van der Waals surface area contributed by atoms with Crippen LogP contribution >= 0.6 is 0 Å². The highest BCUT2D eigenvalue weighted by Gasteiger charge is 2.03. The van der Waals surface area contributed by atoms with Gasteiger partial charge in [-0.1, -0.05) is 18.2 Å². The minimum Gasteiger partial charge on any atom is -0.326 e. The van der Waals surface area contributed by atoms with E-state index in [2.05, 4.69) is 20.6 Å². The van der Waals surface area contributed by atoms with E-state index in [0.29, 0.717) is 5.95 Å².